The Balaban J connectivity index is 2.30. The normalized spacial score (nSPS) is 19.9. The first-order valence-corrected chi connectivity index (χ1v) is 9.70. The SMILES string of the molecule is CCNc1cncc(N2CCSCC2S(=O)(=O)CC)c1. The molecule has 1 aromatic heterocycles. The lowest BCUT2D eigenvalue weighted by molar-refractivity contribution is 0.579. The second kappa shape index (κ2) is 6.67. The zero-order valence-electron chi connectivity index (χ0n) is 11.9. The summed E-state index contributed by atoms with van der Waals surface area (Å²) in [6, 6.07) is 1.98. The lowest BCUT2D eigenvalue weighted by Crippen LogP contribution is -2.48. The number of hydrogen-bond donors (Lipinski definition) is 1. The Morgan fingerprint density at radius 2 is 2.25 bits per heavy atom. The number of thioether (sulfide) groups is 1. The first-order valence-electron chi connectivity index (χ1n) is 6.83. The van der Waals surface area contributed by atoms with Crippen LogP contribution in [0.5, 0.6) is 0 Å². The summed E-state index contributed by atoms with van der Waals surface area (Å²) < 4.78 is 24.5. The van der Waals surface area contributed by atoms with Gasteiger partial charge in [0.05, 0.1) is 23.8 Å². The van der Waals surface area contributed by atoms with E-state index in [4.69, 9.17) is 0 Å². The number of aromatic nitrogens is 1. The molecule has 2 heterocycles. The van der Waals surface area contributed by atoms with Crippen molar-refractivity contribution < 1.29 is 8.42 Å². The molecule has 1 aliphatic rings. The molecule has 1 aromatic rings. The Morgan fingerprint density at radius 3 is 2.95 bits per heavy atom. The van der Waals surface area contributed by atoms with Gasteiger partial charge in [-0.05, 0) is 13.0 Å². The van der Waals surface area contributed by atoms with E-state index in [1.165, 1.54) is 0 Å². The van der Waals surface area contributed by atoms with Crippen LogP contribution in [0.25, 0.3) is 0 Å². The number of sulfone groups is 1. The lowest BCUT2D eigenvalue weighted by atomic mass is 10.3. The van der Waals surface area contributed by atoms with E-state index in [2.05, 4.69) is 10.3 Å². The van der Waals surface area contributed by atoms with E-state index < -0.39 is 15.2 Å². The van der Waals surface area contributed by atoms with Crippen LogP contribution in [0.1, 0.15) is 13.8 Å². The summed E-state index contributed by atoms with van der Waals surface area (Å²) in [5.74, 6) is 1.75. The third kappa shape index (κ3) is 3.38. The molecule has 0 spiro atoms. The van der Waals surface area contributed by atoms with Crippen molar-refractivity contribution in [2.24, 2.45) is 0 Å². The average molecular weight is 315 g/mol. The first-order chi connectivity index (χ1) is 9.58. The van der Waals surface area contributed by atoms with Gasteiger partial charge in [-0.25, -0.2) is 8.42 Å². The number of rotatable bonds is 5. The monoisotopic (exact) mass is 315 g/mol. The molecule has 112 valence electrons. The molecule has 5 nitrogen and oxygen atoms in total. The topological polar surface area (TPSA) is 62.3 Å². The Hall–Kier alpha value is -0.950. The van der Waals surface area contributed by atoms with Crippen LogP contribution >= 0.6 is 11.8 Å². The van der Waals surface area contributed by atoms with Gasteiger partial charge in [0.1, 0.15) is 5.37 Å². The van der Waals surface area contributed by atoms with E-state index in [-0.39, 0.29) is 5.75 Å². The van der Waals surface area contributed by atoms with Crippen molar-refractivity contribution in [2.45, 2.75) is 19.2 Å². The molecule has 20 heavy (non-hydrogen) atoms. The Bertz CT molecular complexity index is 548. The van der Waals surface area contributed by atoms with Gasteiger partial charge in [0.25, 0.3) is 0 Å². The molecule has 0 radical (unpaired) electrons. The zero-order valence-corrected chi connectivity index (χ0v) is 13.5. The van der Waals surface area contributed by atoms with Crippen molar-refractivity contribution in [3.05, 3.63) is 18.5 Å². The number of pyridine rings is 1. The smallest absolute Gasteiger partial charge is 0.171 e. The highest BCUT2D eigenvalue weighted by Crippen LogP contribution is 2.28. The van der Waals surface area contributed by atoms with Gasteiger partial charge in [-0.3, -0.25) is 4.98 Å². The summed E-state index contributed by atoms with van der Waals surface area (Å²) >= 11 is 1.70. The highest BCUT2D eigenvalue weighted by Gasteiger charge is 2.33. The number of anilines is 2. The number of hydrogen-bond acceptors (Lipinski definition) is 6. The minimum atomic E-state index is -3.09. The maximum Gasteiger partial charge on any atom is 0.171 e. The van der Waals surface area contributed by atoms with E-state index in [1.807, 2.05) is 17.9 Å². The maximum atomic E-state index is 12.3. The lowest BCUT2D eigenvalue weighted by Gasteiger charge is -2.36. The van der Waals surface area contributed by atoms with Crippen LogP contribution in [0.15, 0.2) is 18.5 Å². The highest BCUT2D eigenvalue weighted by atomic mass is 32.2. The van der Waals surface area contributed by atoms with Gasteiger partial charge < -0.3 is 10.2 Å². The van der Waals surface area contributed by atoms with E-state index in [9.17, 15) is 8.42 Å². The van der Waals surface area contributed by atoms with Gasteiger partial charge in [0.2, 0.25) is 0 Å². The molecule has 0 amide bonds. The van der Waals surface area contributed by atoms with Gasteiger partial charge in [0.15, 0.2) is 9.84 Å². The largest absolute Gasteiger partial charge is 0.384 e. The summed E-state index contributed by atoms with van der Waals surface area (Å²) in [5, 5.41) is 2.77. The Labute approximate surface area is 125 Å². The van der Waals surface area contributed by atoms with Crippen LogP contribution in [0.3, 0.4) is 0 Å². The predicted molar refractivity (Wildman–Crippen MR) is 86.3 cm³/mol. The van der Waals surface area contributed by atoms with E-state index in [1.54, 1.807) is 31.1 Å². The van der Waals surface area contributed by atoms with Crippen LogP contribution in [-0.4, -0.2) is 49.1 Å². The molecule has 0 aromatic carbocycles. The fourth-order valence-electron chi connectivity index (χ4n) is 2.25. The summed E-state index contributed by atoms with van der Waals surface area (Å²) in [6.45, 7) is 5.29. The fraction of sp³-hybridized carbons (Fsp3) is 0.615. The molecule has 1 saturated heterocycles. The highest BCUT2D eigenvalue weighted by molar-refractivity contribution is 8.01. The summed E-state index contributed by atoms with van der Waals surface area (Å²) in [5.41, 5.74) is 1.81. The molecule has 7 heteroatoms. The van der Waals surface area contributed by atoms with E-state index in [0.717, 1.165) is 30.2 Å². The first kappa shape index (κ1) is 15.4. The van der Waals surface area contributed by atoms with Gasteiger partial charge in [-0.15, -0.1) is 0 Å². The number of nitrogens with zero attached hydrogens (tertiary/aromatic N) is 2. The van der Waals surface area contributed by atoms with Crippen LogP contribution in [0.2, 0.25) is 0 Å². The molecule has 1 fully saturated rings. The maximum absolute atomic E-state index is 12.3. The summed E-state index contributed by atoms with van der Waals surface area (Å²) in [6.07, 6.45) is 3.50. The van der Waals surface area contributed by atoms with Crippen LogP contribution in [0.4, 0.5) is 11.4 Å². The van der Waals surface area contributed by atoms with Gasteiger partial charge in [-0.2, -0.15) is 11.8 Å². The van der Waals surface area contributed by atoms with Crippen LogP contribution in [0, 0.1) is 0 Å². The molecule has 2 rings (SSSR count). The van der Waals surface area contributed by atoms with Crippen LogP contribution in [-0.2, 0) is 9.84 Å². The van der Waals surface area contributed by atoms with Crippen molar-refractivity contribution in [1.82, 2.24) is 4.98 Å². The van der Waals surface area contributed by atoms with Gasteiger partial charge in [0, 0.05) is 30.3 Å². The Morgan fingerprint density at radius 1 is 1.45 bits per heavy atom. The van der Waals surface area contributed by atoms with Crippen molar-refractivity contribution >= 4 is 33.0 Å². The third-order valence-corrected chi connectivity index (χ3v) is 6.63. The fourth-order valence-corrected chi connectivity index (χ4v) is 5.24. The Kier molecular flexibility index (Phi) is 5.15. The standard InChI is InChI=1S/C13H21N3O2S2/c1-3-15-11-7-12(9-14-8-11)16-5-6-19-10-13(16)20(17,18)4-2/h7-9,13,15H,3-6,10H2,1-2H3. The zero-order chi connectivity index (χ0) is 14.6. The quantitative estimate of drug-likeness (QED) is 0.894. The van der Waals surface area contributed by atoms with Crippen LogP contribution < -0.4 is 10.2 Å². The molecule has 1 unspecified atom stereocenters. The molecule has 1 atom stereocenters. The molecule has 0 saturated carbocycles. The summed E-state index contributed by atoms with van der Waals surface area (Å²) in [7, 11) is -3.09. The minimum absolute atomic E-state index is 0.176. The molecular weight excluding hydrogens is 294 g/mol. The van der Waals surface area contributed by atoms with Crippen molar-refractivity contribution in [3.63, 3.8) is 0 Å². The van der Waals surface area contributed by atoms with Crippen molar-refractivity contribution in [1.29, 1.82) is 0 Å². The predicted octanol–water partition coefficient (Wildman–Crippen LogP) is 1.83. The summed E-state index contributed by atoms with van der Waals surface area (Å²) in [4.78, 5) is 6.19. The van der Waals surface area contributed by atoms with E-state index in [0.29, 0.717) is 5.75 Å². The average Bonchev–Trinajstić information content (AvgIpc) is 2.48. The molecular formula is C13H21N3O2S2. The van der Waals surface area contributed by atoms with Crippen molar-refractivity contribution in [2.75, 3.05) is 40.6 Å². The minimum Gasteiger partial charge on any atom is -0.384 e. The molecule has 1 N–H and O–H groups in total. The van der Waals surface area contributed by atoms with Gasteiger partial charge in [-0.1, -0.05) is 6.92 Å². The number of nitrogens with one attached hydrogen (secondary N) is 1. The molecule has 0 aliphatic carbocycles. The van der Waals surface area contributed by atoms with E-state index >= 15 is 0 Å². The van der Waals surface area contributed by atoms with Gasteiger partial charge >= 0.3 is 0 Å². The second-order valence-corrected chi connectivity index (χ2v) is 8.23. The molecule has 1 aliphatic heterocycles. The molecule has 0 bridgehead atoms. The van der Waals surface area contributed by atoms with Crippen molar-refractivity contribution in [3.8, 4) is 0 Å². The second-order valence-electron chi connectivity index (χ2n) is 4.64. The third-order valence-electron chi connectivity index (χ3n) is 3.34.